The molecule has 40 valence electrons. The fraction of sp³-hybridized carbons (Fsp3) is 0.500. The standard InChI is InChI=1S/C4H6O3/c5-3-1-2-7-4(3)6/h1,4-6H,2H2. The van der Waals surface area contributed by atoms with Crippen molar-refractivity contribution in [2.75, 3.05) is 6.61 Å². The van der Waals surface area contributed by atoms with Crippen LogP contribution in [0, 0.1) is 0 Å². The van der Waals surface area contributed by atoms with Gasteiger partial charge in [-0.3, -0.25) is 0 Å². The molecule has 7 heavy (non-hydrogen) atoms. The van der Waals surface area contributed by atoms with Gasteiger partial charge in [0.05, 0.1) is 6.61 Å². The molecule has 0 amide bonds. The highest BCUT2D eigenvalue weighted by molar-refractivity contribution is 4.98. The summed E-state index contributed by atoms with van der Waals surface area (Å²) in [6, 6.07) is 0. The molecule has 1 atom stereocenters. The van der Waals surface area contributed by atoms with E-state index in [-0.39, 0.29) is 5.76 Å². The van der Waals surface area contributed by atoms with Crippen molar-refractivity contribution in [1.29, 1.82) is 0 Å². The molecule has 0 aromatic heterocycles. The van der Waals surface area contributed by atoms with Crippen LogP contribution in [0.3, 0.4) is 0 Å². The van der Waals surface area contributed by atoms with Gasteiger partial charge in [-0.05, 0) is 6.08 Å². The predicted octanol–water partition coefficient (Wildman–Crippen LogP) is -0.223. The summed E-state index contributed by atoms with van der Waals surface area (Å²) in [6.07, 6.45) is 0.352. The van der Waals surface area contributed by atoms with E-state index in [0.717, 1.165) is 0 Å². The molecule has 0 bridgehead atoms. The third-order valence-electron chi connectivity index (χ3n) is 0.800. The molecular weight excluding hydrogens is 96.0 g/mol. The maximum absolute atomic E-state index is 8.48. The summed E-state index contributed by atoms with van der Waals surface area (Å²) >= 11 is 0. The van der Waals surface area contributed by atoms with Crippen LogP contribution in [0.2, 0.25) is 0 Å². The largest absolute Gasteiger partial charge is 0.507 e. The van der Waals surface area contributed by atoms with Gasteiger partial charge >= 0.3 is 0 Å². The van der Waals surface area contributed by atoms with Crippen LogP contribution in [-0.2, 0) is 4.74 Å². The maximum atomic E-state index is 8.48. The predicted molar refractivity (Wildman–Crippen MR) is 22.7 cm³/mol. The van der Waals surface area contributed by atoms with Gasteiger partial charge in [-0.15, -0.1) is 0 Å². The van der Waals surface area contributed by atoms with Crippen LogP contribution in [0.5, 0.6) is 0 Å². The molecule has 1 unspecified atom stereocenters. The lowest BCUT2D eigenvalue weighted by Crippen LogP contribution is -2.06. The van der Waals surface area contributed by atoms with Gasteiger partial charge in [0.15, 0.2) is 0 Å². The quantitative estimate of drug-likeness (QED) is 0.444. The van der Waals surface area contributed by atoms with Crippen LogP contribution in [0.25, 0.3) is 0 Å². The summed E-state index contributed by atoms with van der Waals surface area (Å²) in [7, 11) is 0. The Balaban J connectivity index is 2.54. The Bertz CT molecular complexity index is 97.1. The molecule has 0 aliphatic carbocycles. The average Bonchev–Trinajstić information content (AvgIpc) is 1.91. The second-order valence-corrected chi connectivity index (χ2v) is 1.31. The Kier molecular flexibility index (Phi) is 1.00. The highest BCUT2D eigenvalue weighted by Gasteiger charge is 2.13. The highest BCUT2D eigenvalue weighted by atomic mass is 16.6. The normalized spacial score (nSPS) is 30.4. The van der Waals surface area contributed by atoms with Crippen LogP contribution in [0.4, 0.5) is 0 Å². The highest BCUT2D eigenvalue weighted by Crippen LogP contribution is 2.06. The first kappa shape index (κ1) is 4.61. The van der Waals surface area contributed by atoms with Crippen molar-refractivity contribution in [3.63, 3.8) is 0 Å². The molecule has 0 saturated heterocycles. The summed E-state index contributed by atoms with van der Waals surface area (Å²) < 4.78 is 4.48. The molecule has 1 aliphatic rings. The van der Waals surface area contributed by atoms with Gasteiger partial charge in [0.25, 0.3) is 0 Å². The Morgan fingerprint density at radius 2 is 2.57 bits per heavy atom. The SMILES string of the molecule is OC1=CCOC1O. The zero-order valence-electron chi connectivity index (χ0n) is 3.66. The van der Waals surface area contributed by atoms with Gasteiger partial charge in [0.1, 0.15) is 5.76 Å². The summed E-state index contributed by atoms with van der Waals surface area (Å²) in [6.45, 7) is 0.312. The minimum absolute atomic E-state index is 0.0833. The lowest BCUT2D eigenvalue weighted by molar-refractivity contribution is -0.0649. The van der Waals surface area contributed by atoms with Gasteiger partial charge in [0, 0.05) is 0 Å². The van der Waals surface area contributed by atoms with Gasteiger partial charge in [-0.25, -0.2) is 0 Å². The minimum Gasteiger partial charge on any atom is -0.507 e. The van der Waals surface area contributed by atoms with E-state index in [1.54, 1.807) is 0 Å². The molecule has 2 N–H and O–H groups in total. The van der Waals surface area contributed by atoms with E-state index in [0.29, 0.717) is 6.61 Å². The monoisotopic (exact) mass is 102 g/mol. The Morgan fingerprint density at radius 3 is 2.71 bits per heavy atom. The lowest BCUT2D eigenvalue weighted by atomic mass is 10.5. The number of ether oxygens (including phenoxy) is 1. The van der Waals surface area contributed by atoms with Crippen LogP contribution < -0.4 is 0 Å². The van der Waals surface area contributed by atoms with Gasteiger partial charge in [-0.2, -0.15) is 0 Å². The maximum Gasteiger partial charge on any atom is 0.213 e. The first-order chi connectivity index (χ1) is 3.30. The number of aliphatic hydroxyl groups is 2. The van der Waals surface area contributed by atoms with Crippen LogP contribution in [0.1, 0.15) is 0 Å². The summed E-state index contributed by atoms with van der Waals surface area (Å²) in [5.41, 5.74) is 0. The van der Waals surface area contributed by atoms with Crippen molar-refractivity contribution in [3.8, 4) is 0 Å². The Morgan fingerprint density at radius 1 is 1.86 bits per heavy atom. The molecule has 0 fully saturated rings. The second kappa shape index (κ2) is 1.52. The summed E-state index contributed by atoms with van der Waals surface area (Å²) in [5, 5.41) is 16.9. The Hall–Kier alpha value is -0.540. The zero-order valence-corrected chi connectivity index (χ0v) is 3.66. The van der Waals surface area contributed by atoms with E-state index in [4.69, 9.17) is 10.2 Å². The molecule has 3 nitrogen and oxygen atoms in total. The lowest BCUT2D eigenvalue weighted by Gasteiger charge is -1.98. The first-order valence-electron chi connectivity index (χ1n) is 1.99. The van der Waals surface area contributed by atoms with Crippen molar-refractivity contribution in [2.24, 2.45) is 0 Å². The van der Waals surface area contributed by atoms with Crippen molar-refractivity contribution >= 4 is 0 Å². The van der Waals surface area contributed by atoms with Gasteiger partial charge < -0.3 is 14.9 Å². The number of hydrogen-bond acceptors (Lipinski definition) is 3. The van der Waals surface area contributed by atoms with Crippen molar-refractivity contribution in [3.05, 3.63) is 11.8 Å². The van der Waals surface area contributed by atoms with E-state index in [1.807, 2.05) is 0 Å². The molecule has 1 heterocycles. The average molecular weight is 102 g/mol. The molecule has 0 aromatic carbocycles. The molecule has 1 aliphatic heterocycles. The van der Waals surface area contributed by atoms with E-state index in [1.165, 1.54) is 6.08 Å². The van der Waals surface area contributed by atoms with Crippen LogP contribution >= 0.6 is 0 Å². The van der Waals surface area contributed by atoms with Crippen LogP contribution in [-0.4, -0.2) is 23.1 Å². The van der Waals surface area contributed by atoms with Crippen molar-refractivity contribution in [2.45, 2.75) is 6.29 Å². The van der Waals surface area contributed by atoms with E-state index >= 15 is 0 Å². The number of aliphatic hydroxyl groups excluding tert-OH is 2. The fourth-order valence-corrected chi connectivity index (χ4v) is 0.411. The van der Waals surface area contributed by atoms with Crippen LogP contribution in [0.15, 0.2) is 11.8 Å². The minimum atomic E-state index is -1.07. The first-order valence-corrected chi connectivity index (χ1v) is 1.99. The van der Waals surface area contributed by atoms with E-state index in [2.05, 4.69) is 4.74 Å². The molecule has 0 aromatic rings. The third kappa shape index (κ3) is 0.730. The smallest absolute Gasteiger partial charge is 0.213 e. The van der Waals surface area contributed by atoms with Crippen molar-refractivity contribution < 1.29 is 14.9 Å². The molecular formula is C4H6O3. The molecule has 0 saturated carbocycles. The summed E-state index contributed by atoms with van der Waals surface area (Å²) in [5.74, 6) is -0.0833. The fourth-order valence-electron chi connectivity index (χ4n) is 0.411. The molecule has 0 spiro atoms. The number of hydrogen-bond donors (Lipinski definition) is 2. The van der Waals surface area contributed by atoms with Crippen molar-refractivity contribution in [1.82, 2.24) is 0 Å². The molecule has 3 heteroatoms. The van der Waals surface area contributed by atoms with Gasteiger partial charge in [0.2, 0.25) is 6.29 Å². The van der Waals surface area contributed by atoms with E-state index < -0.39 is 6.29 Å². The molecule has 1 rings (SSSR count). The Labute approximate surface area is 40.8 Å². The van der Waals surface area contributed by atoms with E-state index in [9.17, 15) is 0 Å². The zero-order chi connectivity index (χ0) is 5.28. The molecule has 0 radical (unpaired) electrons. The van der Waals surface area contributed by atoms with Gasteiger partial charge in [-0.1, -0.05) is 0 Å². The summed E-state index contributed by atoms with van der Waals surface area (Å²) in [4.78, 5) is 0. The third-order valence-corrected chi connectivity index (χ3v) is 0.800. The second-order valence-electron chi connectivity index (χ2n) is 1.31. The topological polar surface area (TPSA) is 49.7 Å². The number of rotatable bonds is 0.